The molecule has 6 heteroatoms. The molecule has 1 heterocycles. The van der Waals surface area contributed by atoms with Crippen LogP contribution in [0.5, 0.6) is 0 Å². The Morgan fingerprint density at radius 2 is 2.00 bits per heavy atom. The molecule has 0 saturated heterocycles. The fourth-order valence-electron chi connectivity index (χ4n) is 2.52. The molecule has 4 nitrogen and oxygen atoms in total. The van der Waals surface area contributed by atoms with E-state index in [0.717, 1.165) is 30.7 Å². The molecule has 0 fully saturated rings. The van der Waals surface area contributed by atoms with Crippen LogP contribution in [0, 0.1) is 0 Å². The van der Waals surface area contributed by atoms with E-state index in [1.807, 2.05) is 10.6 Å². The number of aryl methyl sites for hydroxylation is 1. The van der Waals surface area contributed by atoms with Crippen LogP contribution in [0.25, 0.3) is 11.0 Å². The summed E-state index contributed by atoms with van der Waals surface area (Å²) >= 11 is 5.98. The molecule has 0 saturated carbocycles. The zero-order chi connectivity index (χ0) is 15.5. The number of nitrogens with zero attached hydrogens (tertiary/aromatic N) is 2. The maximum Gasteiger partial charge on any atom is 0.177 e. The van der Waals surface area contributed by atoms with Gasteiger partial charge in [-0.3, -0.25) is 0 Å². The number of imidazole rings is 1. The fraction of sp³-hybridized carbons (Fsp3) is 0.533. The molecule has 0 amide bonds. The van der Waals surface area contributed by atoms with Gasteiger partial charge in [0.2, 0.25) is 0 Å². The number of para-hydroxylation sites is 1. The van der Waals surface area contributed by atoms with Crippen LogP contribution in [0.1, 0.15) is 38.4 Å². The molecule has 21 heavy (non-hydrogen) atoms. The number of sulfone groups is 1. The highest BCUT2D eigenvalue weighted by Crippen LogP contribution is 2.25. The number of hydrogen-bond donors (Lipinski definition) is 0. The van der Waals surface area contributed by atoms with E-state index in [2.05, 4.69) is 11.9 Å². The minimum absolute atomic E-state index is 0.277. The molecule has 2 rings (SSSR count). The fourth-order valence-corrected chi connectivity index (χ4v) is 3.55. The molecule has 1 aromatic carbocycles. The van der Waals surface area contributed by atoms with Crippen molar-refractivity contribution in [2.75, 3.05) is 6.26 Å². The van der Waals surface area contributed by atoms with Crippen molar-refractivity contribution in [3.05, 3.63) is 24.0 Å². The van der Waals surface area contributed by atoms with Crippen LogP contribution >= 0.6 is 11.6 Å². The third-order valence-electron chi connectivity index (χ3n) is 3.58. The van der Waals surface area contributed by atoms with Crippen molar-refractivity contribution in [2.45, 2.75) is 49.9 Å². The van der Waals surface area contributed by atoms with E-state index in [4.69, 9.17) is 11.6 Å². The third-order valence-corrected chi connectivity index (χ3v) is 4.94. The molecule has 116 valence electrons. The summed E-state index contributed by atoms with van der Waals surface area (Å²) in [5, 5.41) is 0. The summed E-state index contributed by atoms with van der Waals surface area (Å²) < 4.78 is 25.8. The lowest BCUT2D eigenvalue weighted by atomic mass is 10.2. The van der Waals surface area contributed by atoms with Crippen LogP contribution in [-0.2, 0) is 22.3 Å². The van der Waals surface area contributed by atoms with Gasteiger partial charge in [-0.2, -0.15) is 0 Å². The van der Waals surface area contributed by atoms with E-state index in [1.165, 1.54) is 19.1 Å². The first-order valence-corrected chi connectivity index (χ1v) is 9.65. The van der Waals surface area contributed by atoms with Gasteiger partial charge in [-0.1, -0.05) is 32.3 Å². The Bertz CT molecular complexity index is 723. The standard InChI is InChI=1S/C15H21ClN2O2S/c1-3-4-5-6-10-18-12-8-7-9-13(21(2,19)20)15(12)17-14(18)11-16/h7-9H,3-6,10-11H2,1-2H3. The Morgan fingerprint density at radius 3 is 2.62 bits per heavy atom. The number of halogens is 1. The molecule has 2 aromatic rings. The average molecular weight is 329 g/mol. The number of benzene rings is 1. The van der Waals surface area contributed by atoms with Crippen molar-refractivity contribution in [3.63, 3.8) is 0 Å². The number of fused-ring (bicyclic) bond motifs is 1. The molecule has 0 N–H and O–H groups in total. The van der Waals surface area contributed by atoms with Gasteiger partial charge in [-0.05, 0) is 18.6 Å². The minimum Gasteiger partial charge on any atom is -0.327 e. The molecular formula is C15H21ClN2O2S. The van der Waals surface area contributed by atoms with Crippen LogP contribution in [0.2, 0.25) is 0 Å². The maximum atomic E-state index is 11.9. The summed E-state index contributed by atoms with van der Waals surface area (Å²) in [6.07, 6.45) is 5.81. The van der Waals surface area contributed by atoms with Crippen molar-refractivity contribution in [1.29, 1.82) is 0 Å². The lowest BCUT2D eigenvalue weighted by molar-refractivity contribution is 0.581. The van der Waals surface area contributed by atoms with Gasteiger partial charge < -0.3 is 4.57 Å². The van der Waals surface area contributed by atoms with Crippen molar-refractivity contribution < 1.29 is 8.42 Å². The lowest BCUT2D eigenvalue weighted by Gasteiger charge is -2.07. The highest BCUT2D eigenvalue weighted by atomic mass is 35.5. The summed E-state index contributed by atoms with van der Waals surface area (Å²) in [5.41, 5.74) is 1.39. The van der Waals surface area contributed by atoms with E-state index in [1.54, 1.807) is 12.1 Å². The SMILES string of the molecule is CCCCCCn1c(CCl)nc2c(S(C)(=O)=O)cccc21. The van der Waals surface area contributed by atoms with Crippen molar-refractivity contribution in [3.8, 4) is 0 Å². The molecular weight excluding hydrogens is 308 g/mol. The van der Waals surface area contributed by atoms with E-state index in [9.17, 15) is 8.42 Å². The lowest BCUT2D eigenvalue weighted by Crippen LogP contribution is -2.02. The predicted octanol–water partition coefficient (Wildman–Crippen LogP) is 3.76. The first kappa shape index (κ1) is 16.3. The number of unbranched alkanes of at least 4 members (excludes halogenated alkanes) is 3. The molecule has 0 atom stereocenters. The molecule has 0 bridgehead atoms. The van der Waals surface area contributed by atoms with E-state index in [-0.39, 0.29) is 10.8 Å². The summed E-state index contributed by atoms with van der Waals surface area (Å²) in [7, 11) is -3.29. The number of aromatic nitrogens is 2. The number of hydrogen-bond acceptors (Lipinski definition) is 3. The first-order valence-electron chi connectivity index (χ1n) is 7.23. The second-order valence-corrected chi connectivity index (χ2v) is 7.52. The van der Waals surface area contributed by atoms with Crippen LogP contribution in [0.15, 0.2) is 23.1 Å². The van der Waals surface area contributed by atoms with Crippen molar-refractivity contribution in [2.24, 2.45) is 0 Å². The molecule has 1 aromatic heterocycles. The van der Waals surface area contributed by atoms with Gasteiger partial charge in [0.1, 0.15) is 11.3 Å². The molecule has 0 spiro atoms. The summed E-state index contributed by atoms with van der Waals surface area (Å²) in [6, 6.07) is 5.28. The summed E-state index contributed by atoms with van der Waals surface area (Å²) in [5.74, 6) is 1.02. The van der Waals surface area contributed by atoms with E-state index in [0.29, 0.717) is 5.52 Å². The van der Waals surface area contributed by atoms with Gasteiger partial charge in [0, 0.05) is 12.8 Å². The minimum atomic E-state index is -3.29. The predicted molar refractivity (Wildman–Crippen MR) is 86.5 cm³/mol. The third kappa shape index (κ3) is 3.58. The summed E-state index contributed by atoms with van der Waals surface area (Å²) in [4.78, 5) is 4.72. The monoisotopic (exact) mass is 328 g/mol. The largest absolute Gasteiger partial charge is 0.327 e. The highest BCUT2D eigenvalue weighted by Gasteiger charge is 2.18. The Morgan fingerprint density at radius 1 is 1.24 bits per heavy atom. The average Bonchev–Trinajstić information content (AvgIpc) is 2.80. The Hall–Kier alpha value is -1.07. The summed E-state index contributed by atoms with van der Waals surface area (Å²) in [6.45, 7) is 3.00. The molecule has 0 aliphatic heterocycles. The number of alkyl halides is 1. The molecule has 0 unspecified atom stereocenters. The Balaban J connectivity index is 2.45. The number of rotatable bonds is 7. The van der Waals surface area contributed by atoms with Crippen LogP contribution in [0.3, 0.4) is 0 Å². The van der Waals surface area contributed by atoms with Crippen LogP contribution < -0.4 is 0 Å². The first-order chi connectivity index (χ1) is 9.99. The molecule has 0 aliphatic rings. The Labute approximate surface area is 131 Å². The second kappa shape index (κ2) is 6.79. The zero-order valence-corrected chi connectivity index (χ0v) is 14.0. The van der Waals surface area contributed by atoms with Crippen LogP contribution in [-0.4, -0.2) is 24.2 Å². The van der Waals surface area contributed by atoms with Crippen molar-refractivity contribution in [1.82, 2.24) is 9.55 Å². The smallest absolute Gasteiger partial charge is 0.177 e. The normalized spacial score (nSPS) is 12.1. The van der Waals surface area contributed by atoms with Gasteiger partial charge in [-0.25, -0.2) is 13.4 Å². The topological polar surface area (TPSA) is 52.0 Å². The van der Waals surface area contributed by atoms with Crippen molar-refractivity contribution >= 4 is 32.5 Å². The zero-order valence-electron chi connectivity index (χ0n) is 12.5. The van der Waals surface area contributed by atoms with Gasteiger partial charge in [0.25, 0.3) is 0 Å². The van der Waals surface area contributed by atoms with Gasteiger partial charge in [0.15, 0.2) is 9.84 Å². The van der Waals surface area contributed by atoms with Gasteiger partial charge >= 0.3 is 0 Å². The van der Waals surface area contributed by atoms with Gasteiger partial charge in [-0.15, -0.1) is 11.6 Å². The quantitative estimate of drug-likeness (QED) is 0.574. The molecule has 0 radical (unpaired) electrons. The van der Waals surface area contributed by atoms with E-state index < -0.39 is 9.84 Å². The van der Waals surface area contributed by atoms with Gasteiger partial charge in [0.05, 0.1) is 16.3 Å². The van der Waals surface area contributed by atoms with E-state index >= 15 is 0 Å². The molecule has 0 aliphatic carbocycles. The Kier molecular flexibility index (Phi) is 5.27. The van der Waals surface area contributed by atoms with Crippen LogP contribution in [0.4, 0.5) is 0 Å². The second-order valence-electron chi connectivity index (χ2n) is 5.27. The maximum absolute atomic E-state index is 11.9. The highest BCUT2D eigenvalue weighted by molar-refractivity contribution is 7.91.